The van der Waals surface area contributed by atoms with Crippen molar-refractivity contribution in [3.8, 4) is 22.9 Å². The van der Waals surface area contributed by atoms with E-state index in [9.17, 15) is 4.79 Å². The molecule has 0 spiro atoms. The van der Waals surface area contributed by atoms with Crippen molar-refractivity contribution in [1.29, 1.82) is 0 Å². The quantitative estimate of drug-likeness (QED) is 0.483. The highest BCUT2D eigenvalue weighted by Gasteiger charge is 2.13. The highest BCUT2D eigenvalue weighted by atomic mass is 16.4. The Hall–Kier alpha value is -3.73. The molecule has 0 aliphatic carbocycles. The van der Waals surface area contributed by atoms with Gasteiger partial charge in [-0.2, -0.15) is 0 Å². The molecule has 0 fully saturated rings. The lowest BCUT2D eigenvalue weighted by atomic mass is 10.0. The van der Waals surface area contributed by atoms with Gasteiger partial charge in [-0.25, -0.2) is 0 Å². The molecule has 1 N–H and O–H groups in total. The monoisotopic (exact) mass is 397 g/mol. The van der Waals surface area contributed by atoms with Crippen LogP contribution in [0.1, 0.15) is 34.3 Å². The summed E-state index contributed by atoms with van der Waals surface area (Å²) in [5.41, 5.74) is 4.62. The molecule has 3 aromatic carbocycles. The van der Waals surface area contributed by atoms with E-state index in [-0.39, 0.29) is 11.8 Å². The van der Waals surface area contributed by atoms with Crippen LogP contribution >= 0.6 is 0 Å². The predicted molar refractivity (Wildman–Crippen MR) is 117 cm³/mol. The van der Waals surface area contributed by atoms with Gasteiger partial charge in [0.05, 0.1) is 0 Å². The number of carbonyl (C=O) groups excluding carboxylic acids is 1. The molecule has 0 saturated carbocycles. The lowest BCUT2D eigenvalue weighted by Crippen LogP contribution is -2.27. The molecule has 5 nitrogen and oxygen atoms in total. The zero-order valence-corrected chi connectivity index (χ0v) is 17.0. The summed E-state index contributed by atoms with van der Waals surface area (Å²) in [7, 11) is 0. The second-order valence-electron chi connectivity index (χ2n) is 7.38. The molecule has 0 bridgehead atoms. The molecule has 1 amide bonds. The fourth-order valence-corrected chi connectivity index (χ4v) is 3.16. The first-order valence-electron chi connectivity index (χ1n) is 9.94. The highest BCUT2D eigenvalue weighted by molar-refractivity contribution is 5.94. The Kier molecular flexibility index (Phi) is 5.70. The summed E-state index contributed by atoms with van der Waals surface area (Å²) in [6, 6.07) is 25.3. The zero-order valence-electron chi connectivity index (χ0n) is 17.0. The third-order valence-electron chi connectivity index (χ3n) is 5.05. The van der Waals surface area contributed by atoms with E-state index in [0.717, 1.165) is 11.1 Å². The molecule has 4 aromatic rings. The second kappa shape index (κ2) is 8.74. The Labute approximate surface area is 175 Å². The summed E-state index contributed by atoms with van der Waals surface area (Å²) in [5, 5.41) is 11.3. The SMILES string of the molecule is Cc1ccc(-c2nnc(-c3ccc(C(=O)NC[C@@H](C)c4ccccc4)cc3)o2)cc1. The van der Waals surface area contributed by atoms with Crippen molar-refractivity contribution in [1.82, 2.24) is 15.5 Å². The number of rotatable bonds is 6. The molecule has 0 aliphatic heterocycles. The molecule has 0 unspecified atom stereocenters. The van der Waals surface area contributed by atoms with Gasteiger partial charge in [-0.15, -0.1) is 10.2 Å². The molecule has 150 valence electrons. The van der Waals surface area contributed by atoms with Crippen molar-refractivity contribution < 1.29 is 9.21 Å². The standard InChI is InChI=1S/C25H23N3O2/c1-17-8-10-21(11-9-17)24-27-28-25(30-24)22-14-12-20(13-15-22)23(29)26-16-18(2)19-6-4-3-5-7-19/h3-15,18H,16H2,1-2H3,(H,26,29)/t18-/m1/s1. The van der Waals surface area contributed by atoms with Gasteiger partial charge in [0.2, 0.25) is 11.8 Å². The number of amides is 1. The van der Waals surface area contributed by atoms with Crippen molar-refractivity contribution in [2.45, 2.75) is 19.8 Å². The molecule has 5 heteroatoms. The second-order valence-corrected chi connectivity index (χ2v) is 7.38. The molecule has 0 radical (unpaired) electrons. The number of benzene rings is 3. The van der Waals surface area contributed by atoms with E-state index in [0.29, 0.717) is 23.9 Å². The maximum Gasteiger partial charge on any atom is 0.251 e. The lowest BCUT2D eigenvalue weighted by molar-refractivity contribution is 0.0951. The lowest BCUT2D eigenvalue weighted by Gasteiger charge is -2.13. The number of nitrogens with zero attached hydrogens (tertiary/aromatic N) is 2. The van der Waals surface area contributed by atoms with Gasteiger partial charge < -0.3 is 9.73 Å². The minimum Gasteiger partial charge on any atom is -0.416 e. The van der Waals surface area contributed by atoms with Crippen LogP contribution in [0.4, 0.5) is 0 Å². The summed E-state index contributed by atoms with van der Waals surface area (Å²) in [4.78, 5) is 12.5. The molecule has 1 heterocycles. The minimum atomic E-state index is -0.102. The van der Waals surface area contributed by atoms with Crippen LogP contribution in [0.25, 0.3) is 22.9 Å². The van der Waals surface area contributed by atoms with E-state index in [1.165, 1.54) is 11.1 Å². The van der Waals surface area contributed by atoms with Gasteiger partial charge in [0.25, 0.3) is 5.91 Å². The van der Waals surface area contributed by atoms with Crippen molar-refractivity contribution >= 4 is 5.91 Å². The van der Waals surface area contributed by atoms with Gasteiger partial charge in [0.1, 0.15) is 0 Å². The van der Waals surface area contributed by atoms with Gasteiger partial charge in [0.15, 0.2) is 0 Å². The first kappa shape index (κ1) is 19.6. The summed E-state index contributed by atoms with van der Waals surface area (Å²) >= 11 is 0. The Balaban J connectivity index is 1.40. The van der Waals surface area contributed by atoms with Crippen molar-refractivity contribution in [2.75, 3.05) is 6.54 Å². The van der Waals surface area contributed by atoms with E-state index in [1.807, 2.05) is 61.5 Å². The average Bonchev–Trinajstić information content (AvgIpc) is 3.29. The number of hydrogen-bond acceptors (Lipinski definition) is 4. The number of carbonyl (C=O) groups is 1. The molecule has 1 aromatic heterocycles. The first-order valence-corrected chi connectivity index (χ1v) is 9.94. The Morgan fingerprint density at radius 3 is 2.03 bits per heavy atom. The van der Waals surface area contributed by atoms with E-state index >= 15 is 0 Å². The maximum atomic E-state index is 12.5. The van der Waals surface area contributed by atoms with Crippen LogP contribution in [0, 0.1) is 6.92 Å². The van der Waals surface area contributed by atoms with Gasteiger partial charge >= 0.3 is 0 Å². The Morgan fingerprint density at radius 2 is 1.43 bits per heavy atom. The van der Waals surface area contributed by atoms with Crippen LogP contribution < -0.4 is 5.32 Å². The van der Waals surface area contributed by atoms with E-state index < -0.39 is 0 Å². The molecular weight excluding hydrogens is 374 g/mol. The fraction of sp³-hybridized carbons (Fsp3) is 0.160. The summed E-state index contributed by atoms with van der Waals surface area (Å²) in [6.45, 7) is 4.71. The van der Waals surface area contributed by atoms with Gasteiger partial charge in [-0.3, -0.25) is 4.79 Å². The number of hydrogen-bond donors (Lipinski definition) is 1. The van der Waals surface area contributed by atoms with Crippen molar-refractivity contribution in [3.63, 3.8) is 0 Å². The van der Waals surface area contributed by atoms with Crippen LogP contribution in [-0.4, -0.2) is 22.6 Å². The normalized spacial score (nSPS) is 11.8. The van der Waals surface area contributed by atoms with Crippen LogP contribution in [0.15, 0.2) is 83.3 Å². The van der Waals surface area contributed by atoms with Crippen molar-refractivity contribution in [3.05, 3.63) is 95.6 Å². The van der Waals surface area contributed by atoms with E-state index in [2.05, 4.69) is 34.6 Å². The number of nitrogens with one attached hydrogen (secondary N) is 1. The van der Waals surface area contributed by atoms with E-state index in [4.69, 9.17) is 4.42 Å². The van der Waals surface area contributed by atoms with Gasteiger partial charge in [0, 0.05) is 23.2 Å². The highest BCUT2D eigenvalue weighted by Crippen LogP contribution is 2.24. The number of aryl methyl sites for hydroxylation is 1. The Morgan fingerprint density at radius 1 is 0.867 bits per heavy atom. The van der Waals surface area contributed by atoms with Gasteiger partial charge in [-0.1, -0.05) is 55.0 Å². The molecular formula is C25H23N3O2. The third-order valence-corrected chi connectivity index (χ3v) is 5.05. The topological polar surface area (TPSA) is 68.0 Å². The third kappa shape index (κ3) is 4.46. The van der Waals surface area contributed by atoms with E-state index in [1.54, 1.807) is 12.1 Å². The summed E-state index contributed by atoms with van der Waals surface area (Å²) in [5.74, 6) is 1.04. The number of aromatic nitrogens is 2. The zero-order chi connectivity index (χ0) is 20.9. The van der Waals surface area contributed by atoms with Crippen LogP contribution in [0.3, 0.4) is 0 Å². The van der Waals surface area contributed by atoms with Crippen LogP contribution in [-0.2, 0) is 0 Å². The first-order chi connectivity index (χ1) is 14.6. The van der Waals surface area contributed by atoms with Crippen LogP contribution in [0.5, 0.6) is 0 Å². The molecule has 0 aliphatic rings. The molecule has 1 atom stereocenters. The molecule has 30 heavy (non-hydrogen) atoms. The smallest absolute Gasteiger partial charge is 0.251 e. The minimum absolute atomic E-state index is 0.102. The summed E-state index contributed by atoms with van der Waals surface area (Å²) < 4.78 is 5.80. The molecule has 4 rings (SSSR count). The largest absolute Gasteiger partial charge is 0.416 e. The van der Waals surface area contributed by atoms with Crippen molar-refractivity contribution in [2.24, 2.45) is 0 Å². The Bertz CT molecular complexity index is 1120. The molecule has 0 saturated heterocycles. The average molecular weight is 397 g/mol. The predicted octanol–water partition coefficient (Wildman–Crippen LogP) is 5.25. The van der Waals surface area contributed by atoms with Gasteiger partial charge in [-0.05, 0) is 54.8 Å². The summed E-state index contributed by atoms with van der Waals surface area (Å²) in [6.07, 6.45) is 0. The maximum absolute atomic E-state index is 12.5. The fourth-order valence-electron chi connectivity index (χ4n) is 3.16. The van der Waals surface area contributed by atoms with Crippen LogP contribution in [0.2, 0.25) is 0 Å².